The lowest BCUT2D eigenvalue weighted by Crippen LogP contribution is -2.28. The van der Waals surface area contributed by atoms with Crippen LogP contribution in [0.2, 0.25) is 0 Å². The van der Waals surface area contributed by atoms with E-state index in [1.165, 1.54) is 25.7 Å². The summed E-state index contributed by atoms with van der Waals surface area (Å²) in [5.41, 5.74) is 6.07. The minimum atomic E-state index is -3.50. The SMILES string of the molecule is COc1ccc(S(=O)(=O)NCC2CCC(C)C2)cc1N. The van der Waals surface area contributed by atoms with Gasteiger partial charge in [-0.1, -0.05) is 13.3 Å². The largest absolute Gasteiger partial charge is 0.495 e. The predicted octanol–water partition coefficient (Wildman–Crippen LogP) is 1.99. The van der Waals surface area contributed by atoms with Crippen molar-refractivity contribution in [1.82, 2.24) is 4.72 Å². The van der Waals surface area contributed by atoms with E-state index in [0.717, 1.165) is 12.8 Å². The van der Waals surface area contributed by atoms with E-state index in [1.807, 2.05) is 0 Å². The summed E-state index contributed by atoms with van der Waals surface area (Å²) in [6.45, 7) is 2.71. The van der Waals surface area contributed by atoms with Gasteiger partial charge in [0.15, 0.2) is 0 Å². The molecule has 5 nitrogen and oxygen atoms in total. The van der Waals surface area contributed by atoms with Crippen LogP contribution in [0.1, 0.15) is 26.2 Å². The molecule has 0 bridgehead atoms. The first-order valence-electron chi connectivity index (χ1n) is 6.85. The van der Waals surface area contributed by atoms with Crippen LogP contribution in [-0.4, -0.2) is 22.1 Å². The second-order valence-electron chi connectivity index (χ2n) is 5.54. The third-order valence-corrected chi connectivity index (χ3v) is 5.30. The Morgan fingerprint density at radius 1 is 1.40 bits per heavy atom. The second kappa shape index (κ2) is 6.01. The van der Waals surface area contributed by atoms with Gasteiger partial charge in [-0.25, -0.2) is 13.1 Å². The molecule has 6 heteroatoms. The fraction of sp³-hybridized carbons (Fsp3) is 0.571. The minimum Gasteiger partial charge on any atom is -0.495 e. The average Bonchev–Trinajstić information content (AvgIpc) is 2.82. The molecule has 20 heavy (non-hydrogen) atoms. The summed E-state index contributed by atoms with van der Waals surface area (Å²) in [6.07, 6.45) is 3.36. The molecule has 2 atom stereocenters. The molecule has 1 saturated carbocycles. The molecule has 1 fully saturated rings. The molecule has 0 aromatic heterocycles. The summed E-state index contributed by atoms with van der Waals surface area (Å²) in [5.74, 6) is 1.62. The van der Waals surface area contributed by atoms with Crippen LogP contribution in [0.25, 0.3) is 0 Å². The summed E-state index contributed by atoms with van der Waals surface area (Å²) in [4.78, 5) is 0.182. The van der Waals surface area contributed by atoms with E-state index in [0.29, 0.717) is 29.8 Å². The summed E-state index contributed by atoms with van der Waals surface area (Å²) >= 11 is 0. The number of methoxy groups -OCH3 is 1. The lowest BCUT2D eigenvalue weighted by Gasteiger charge is -2.13. The van der Waals surface area contributed by atoms with Crippen molar-refractivity contribution in [2.75, 3.05) is 19.4 Å². The fourth-order valence-corrected chi connectivity index (χ4v) is 3.85. The Bertz CT molecular complexity index is 572. The molecule has 0 heterocycles. The highest BCUT2D eigenvalue weighted by atomic mass is 32.2. The van der Waals surface area contributed by atoms with Gasteiger partial charge in [-0.3, -0.25) is 0 Å². The second-order valence-corrected chi connectivity index (χ2v) is 7.31. The van der Waals surface area contributed by atoms with Gasteiger partial charge in [0, 0.05) is 6.54 Å². The third-order valence-electron chi connectivity index (χ3n) is 3.88. The topological polar surface area (TPSA) is 81.4 Å². The van der Waals surface area contributed by atoms with Gasteiger partial charge in [0.25, 0.3) is 0 Å². The summed E-state index contributed by atoms with van der Waals surface area (Å²) in [6, 6.07) is 4.51. The van der Waals surface area contributed by atoms with Crippen molar-refractivity contribution >= 4 is 15.7 Å². The van der Waals surface area contributed by atoms with Crippen molar-refractivity contribution in [3.63, 3.8) is 0 Å². The Morgan fingerprint density at radius 3 is 2.70 bits per heavy atom. The standard InChI is InChI=1S/C14H22N2O3S/c1-10-3-4-11(7-10)9-16-20(17,18)12-5-6-14(19-2)13(15)8-12/h5-6,8,10-11,16H,3-4,7,9,15H2,1-2H3. The highest BCUT2D eigenvalue weighted by molar-refractivity contribution is 7.89. The maximum Gasteiger partial charge on any atom is 0.240 e. The molecule has 3 N–H and O–H groups in total. The summed E-state index contributed by atoms with van der Waals surface area (Å²) in [5, 5.41) is 0. The molecule has 1 aliphatic carbocycles. The van der Waals surface area contributed by atoms with Crippen LogP contribution in [0, 0.1) is 11.8 Å². The number of sulfonamides is 1. The maximum atomic E-state index is 12.2. The molecule has 2 rings (SSSR count). The van der Waals surface area contributed by atoms with Crippen molar-refractivity contribution in [3.8, 4) is 5.75 Å². The van der Waals surface area contributed by atoms with Crippen LogP contribution in [0.4, 0.5) is 5.69 Å². The summed E-state index contributed by atoms with van der Waals surface area (Å²) < 4.78 is 32.1. The molecule has 0 spiro atoms. The van der Waals surface area contributed by atoms with Gasteiger partial charge in [-0.05, 0) is 42.9 Å². The first kappa shape index (κ1) is 15.1. The molecule has 0 radical (unpaired) electrons. The van der Waals surface area contributed by atoms with E-state index in [9.17, 15) is 8.42 Å². The van der Waals surface area contributed by atoms with Crippen molar-refractivity contribution in [2.45, 2.75) is 31.1 Å². The average molecular weight is 298 g/mol. The lowest BCUT2D eigenvalue weighted by molar-refractivity contribution is 0.416. The van der Waals surface area contributed by atoms with Gasteiger partial charge < -0.3 is 10.5 Å². The Balaban J connectivity index is 2.04. The maximum absolute atomic E-state index is 12.2. The Hall–Kier alpha value is -1.27. The molecule has 1 aromatic rings. The quantitative estimate of drug-likeness (QED) is 0.815. The van der Waals surface area contributed by atoms with E-state index >= 15 is 0 Å². The third kappa shape index (κ3) is 3.43. The van der Waals surface area contributed by atoms with E-state index in [-0.39, 0.29) is 4.90 Å². The molecule has 1 aliphatic rings. The van der Waals surface area contributed by atoms with Crippen molar-refractivity contribution in [3.05, 3.63) is 18.2 Å². The van der Waals surface area contributed by atoms with Gasteiger partial charge in [0.1, 0.15) is 5.75 Å². The predicted molar refractivity (Wildman–Crippen MR) is 79.1 cm³/mol. The van der Waals surface area contributed by atoms with Gasteiger partial charge in [-0.15, -0.1) is 0 Å². The number of nitrogen functional groups attached to an aromatic ring is 1. The number of nitrogens with one attached hydrogen (secondary N) is 1. The van der Waals surface area contributed by atoms with Crippen LogP contribution in [0.3, 0.4) is 0 Å². The molecule has 2 unspecified atom stereocenters. The van der Waals surface area contributed by atoms with Crippen LogP contribution in [-0.2, 0) is 10.0 Å². The molecule has 0 aliphatic heterocycles. The van der Waals surface area contributed by atoms with Crippen molar-refractivity contribution in [1.29, 1.82) is 0 Å². The van der Waals surface area contributed by atoms with Crippen molar-refractivity contribution < 1.29 is 13.2 Å². The lowest BCUT2D eigenvalue weighted by atomic mass is 10.1. The smallest absolute Gasteiger partial charge is 0.240 e. The van der Waals surface area contributed by atoms with Gasteiger partial charge in [0.05, 0.1) is 17.7 Å². The molecular weight excluding hydrogens is 276 g/mol. The zero-order chi connectivity index (χ0) is 14.8. The van der Waals surface area contributed by atoms with Crippen LogP contribution in [0.15, 0.2) is 23.1 Å². The monoisotopic (exact) mass is 298 g/mol. The normalized spacial score (nSPS) is 22.9. The van der Waals surface area contributed by atoms with Gasteiger partial charge in [0.2, 0.25) is 10.0 Å². The number of hydrogen-bond donors (Lipinski definition) is 2. The first-order valence-corrected chi connectivity index (χ1v) is 8.34. The van der Waals surface area contributed by atoms with Crippen molar-refractivity contribution in [2.24, 2.45) is 11.8 Å². The number of rotatable bonds is 5. The Labute approximate surface area is 120 Å². The highest BCUT2D eigenvalue weighted by Crippen LogP contribution is 2.30. The molecule has 112 valence electrons. The van der Waals surface area contributed by atoms with E-state index in [1.54, 1.807) is 6.07 Å². The van der Waals surface area contributed by atoms with E-state index in [4.69, 9.17) is 10.5 Å². The Kier molecular flexibility index (Phi) is 4.55. The van der Waals surface area contributed by atoms with Crippen LogP contribution >= 0.6 is 0 Å². The number of nitrogens with two attached hydrogens (primary N) is 1. The Morgan fingerprint density at radius 2 is 2.15 bits per heavy atom. The minimum absolute atomic E-state index is 0.182. The van der Waals surface area contributed by atoms with Crippen LogP contribution < -0.4 is 15.2 Å². The highest BCUT2D eigenvalue weighted by Gasteiger charge is 2.23. The molecule has 1 aromatic carbocycles. The summed E-state index contributed by atoms with van der Waals surface area (Å²) in [7, 11) is -2.00. The van der Waals surface area contributed by atoms with E-state index < -0.39 is 10.0 Å². The first-order chi connectivity index (χ1) is 9.42. The number of anilines is 1. The van der Waals surface area contributed by atoms with Gasteiger partial charge >= 0.3 is 0 Å². The molecule has 0 amide bonds. The van der Waals surface area contributed by atoms with E-state index in [2.05, 4.69) is 11.6 Å². The fourth-order valence-electron chi connectivity index (χ4n) is 2.70. The number of benzene rings is 1. The number of ether oxygens (including phenoxy) is 1. The number of hydrogen-bond acceptors (Lipinski definition) is 4. The molecule has 0 saturated heterocycles. The van der Waals surface area contributed by atoms with Gasteiger partial charge in [-0.2, -0.15) is 0 Å². The zero-order valence-corrected chi connectivity index (χ0v) is 12.7. The van der Waals surface area contributed by atoms with Crippen LogP contribution in [0.5, 0.6) is 5.75 Å². The zero-order valence-electron chi connectivity index (χ0n) is 11.9. The molecular formula is C14H22N2O3S.